The van der Waals surface area contributed by atoms with Crippen molar-refractivity contribution in [3.05, 3.63) is 42.1 Å². The molecule has 0 aliphatic carbocycles. The van der Waals surface area contributed by atoms with Crippen molar-refractivity contribution in [3.63, 3.8) is 0 Å². The largest absolute Gasteiger partial charge is 0.330 e. The summed E-state index contributed by atoms with van der Waals surface area (Å²) in [4.78, 5) is 12.5. The van der Waals surface area contributed by atoms with Gasteiger partial charge in [0.25, 0.3) is 0 Å². The quantitative estimate of drug-likeness (QED) is 0.567. The Kier molecular flexibility index (Phi) is 6.12. The second kappa shape index (κ2) is 8.53. The van der Waals surface area contributed by atoms with Crippen LogP contribution in [0, 0.1) is 6.92 Å². The molecule has 3 rings (SSSR count). The van der Waals surface area contributed by atoms with Gasteiger partial charge in [0.05, 0.1) is 11.4 Å². The average molecular weight is 403 g/mol. The van der Waals surface area contributed by atoms with E-state index in [-0.39, 0.29) is 17.2 Å². The van der Waals surface area contributed by atoms with Crippen LogP contribution in [0.25, 0.3) is 0 Å². The lowest BCUT2D eigenvalue weighted by Gasteiger charge is -2.14. The van der Waals surface area contributed by atoms with Crippen LogP contribution in [-0.4, -0.2) is 31.1 Å². The topological polar surface area (TPSA) is 84.7 Å². The normalized spacial score (nSPS) is 12.2. The molecule has 0 spiro atoms. The molecule has 7 nitrogen and oxygen atoms in total. The Morgan fingerprint density at radius 1 is 1.22 bits per heavy atom. The van der Waals surface area contributed by atoms with Gasteiger partial charge >= 0.3 is 0 Å². The minimum absolute atomic E-state index is 0.0919. The summed E-state index contributed by atoms with van der Waals surface area (Å²) in [5.41, 5.74) is 2.14. The number of hydrogen-bond acceptors (Lipinski definition) is 7. The van der Waals surface area contributed by atoms with Crippen LogP contribution in [0.4, 0.5) is 16.6 Å². The highest BCUT2D eigenvalue weighted by atomic mass is 32.2. The SMILES string of the molecule is Cc1cccc(Nc2nnc(SC(C)C(=O)Nc3ccnn3C(C)C)s2)c1. The lowest BCUT2D eigenvalue weighted by atomic mass is 10.2. The molecular weight excluding hydrogens is 380 g/mol. The van der Waals surface area contributed by atoms with Gasteiger partial charge in [-0.05, 0) is 45.4 Å². The third-order valence-electron chi connectivity index (χ3n) is 3.73. The Labute approximate surface area is 166 Å². The molecule has 0 saturated heterocycles. The first kappa shape index (κ1) is 19.4. The Hall–Kier alpha value is -2.39. The van der Waals surface area contributed by atoms with Crippen LogP contribution in [-0.2, 0) is 4.79 Å². The highest BCUT2D eigenvalue weighted by molar-refractivity contribution is 8.02. The molecule has 1 amide bonds. The molecule has 2 aromatic heterocycles. The van der Waals surface area contributed by atoms with Crippen molar-refractivity contribution in [1.82, 2.24) is 20.0 Å². The number of carbonyl (C=O) groups excluding carboxylic acids is 1. The summed E-state index contributed by atoms with van der Waals surface area (Å²) in [6.45, 7) is 7.93. The summed E-state index contributed by atoms with van der Waals surface area (Å²) in [5.74, 6) is 0.604. The molecule has 0 aliphatic heterocycles. The molecule has 142 valence electrons. The van der Waals surface area contributed by atoms with Gasteiger partial charge in [0.15, 0.2) is 4.34 Å². The van der Waals surface area contributed by atoms with Crippen molar-refractivity contribution >= 4 is 45.6 Å². The Bertz CT molecular complexity index is 920. The highest BCUT2D eigenvalue weighted by Gasteiger charge is 2.19. The number of nitrogens with zero attached hydrogens (tertiary/aromatic N) is 4. The predicted molar refractivity (Wildman–Crippen MR) is 111 cm³/mol. The maximum Gasteiger partial charge on any atom is 0.238 e. The van der Waals surface area contributed by atoms with Crippen LogP contribution in [0.2, 0.25) is 0 Å². The molecule has 9 heteroatoms. The summed E-state index contributed by atoms with van der Waals surface area (Å²) >= 11 is 2.81. The summed E-state index contributed by atoms with van der Waals surface area (Å²) in [6, 6.07) is 10.0. The van der Waals surface area contributed by atoms with Crippen LogP contribution in [0.15, 0.2) is 40.9 Å². The molecular formula is C18H22N6OS2. The molecule has 0 fully saturated rings. The number of aromatic nitrogens is 4. The monoisotopic (exact) mass is 402 g/mol. The van der Waals surface area contributed by atoms with Crippen LogP contribution < -0.4 is 10.6 Å². The van der Waals surface area contributed by atoms with E-state index in [9.17, 15) is 4.79 Å². The van der Waals surface area contributed by atoms with E-state index in [1.807, 2.05) is 52.0 Å². The van der Waals surface area contributed by atoms with Crippen LogP contribution in [0.5, 0.6) is 0 Å². The number of anilines is 3. The Morgan fingerprint density at radius 2 is 2.04 bits per heavy atom. The minimum Gasteiger partial charge on any atom is -0.330 e. The number of thioether (sulfide) groups is 1. The van der Waals surface area contributed by atoms with Crippen molar-refractivity contribution in [2.24, 2.45) is 0 Å². The van der Waals surface area contributed by atoms with Gasteiger partial charge in [-0.25, -0.2) is 4.68 Å². The zero-order valence-electron chi connectivity index (χ0n) is 15.6. The highest BCUT2D eigenvalue weighted by Crippen LogP contribution is 2.31. The van der Waals surface area contributed by atoms with E-state index in [0.717, 1.165) is 10.0 Å². The minimum atomic E-state index is -0.305. The maximum absolute atomic E-state index is 12.5. The Balaban J connectivity index is 1.59. The van der Waals surface area contributed by atoms with Crippen molar-refractivity contribution in [2.45, 2.75) is 43.3 Å². The molecule has 3 aromatic rings. The van der Waals surface area contributed by atoms with E-state index in [0.29, 0.717) is 10.9 Å². The molecule has 2 heterocycles. The molecule has 0 radical (unpaired) electrons. The van der Waals surface area contributed by atoms with Gasteiger partial charge in [0.2, 0.25) is 11.0 Å². The van der Waals surface area contributed by atoms with Crippen molar-refractivity contribution < 1.29 is 4.79 Å². The lowest BCUT2D eigenvalue weighted by Crippen LogP contribution is -2.24. The lowest BCUT2D eigenvalue weighted by molar-refractivity contribution is -0.115. The summed E-state index contributed by atoms with van der Waals surface area (Å²) < 4.78 is 2.52. The molecule has 1 atom stereocenters. The maximum atomic E-state index is 12.5. The van der Waals surface area contributed by atoms with Gasteiger partial charge in [-0.1, -0.05) is 35.2 Å². The van der Waals surface area contributed by atoms with Gasteiger partial charge in [0.1, 0.15) is 5.82 Å². The number of rotatable bonds is 7. The first-order valence-electron chi connectivity index (χ1n) is 8.60. The number of hydrogen-bond donors (Lipinski definition) is 2. The van der Waals surface area contributed by atoms with E-state index in [4.69, 9.17) is 0 Å². The van der Waals surface area contributed by atoms with E-state index in [1.54, 1.807) is 16.9 Å². The second-order valence-corrected chi connectivity index (χ2v) is 8.94. The summed E-state index contributed by atoms with van der Waals surface area (Å²) in [6.07, 6.45) is 1.68. The predicted octanol–water partition coefficient (Wildman–Crippen LogP) is 4.49. The molecule has 1 unspecified atom stereocenters. The van der Waals surface area contributed by atoms with Crippen molar-refractivity contribution in [3.8, 4) is 0 Å². The number of carbonyl (C=O) groups is 1. The fourth-order valence-corrected chi connectivity index (χ4v) is 4.33. The fourth-order valence-electron chi connectivity index (χ4n) is 2.41. The van der Waals surface area contributed by atoms with Gasteiger partial charge in [0, 0.05) is 17.8 Å². The molecule has 0 aliphatic rings. The van der Waals surface area contributed by atoms with Gasteiger partial charge in [-0.3, -0.25) is 4.79 Å². The number of nitrogens with one attached hydrogen (secondary N) is 2. The van der Waals surface area contributed by atoms with Gasteiger partial charge in [-0.2, -0.15) is 5.10 Å². The smallest absolute Gasteiger partial charge is 0.238 e. The van der Waals surface area contributed by atoms with Crippen LogP contribution in [0.1, 0.15) is 32.4 Å². The molecule has 1 aromatic carbocycles. The fraction of sp³-hybridized carbons (Fsp3) is 0.333. The molecule has 2 N–H and O–H groups in total. The average Bonchev–Trinajstić information content (AvgIpc) is 3.24. The number of benzene rings is 1. The van der Waals surface area contributed by atoms with E-state index >= 15 is 0 Å². The second-order valence-electron chi connectivity index (χ2n) is 6.37. The third kappa shape index (κ3) is 5.08. The third-order valence-corrected chi connectivity index (χ3v) is 5.76. The number of aryl methyl sites for hydroxylation is 1. The van der Waals surface area contributed by atoms with Gasteiger partial charge in [-0.15, -0.1) is 10.2 Å². The number of amides is 1. The van der Waals surface area contributed by atoms with Crippen molar-refractivity contribution in [1.29, 1.82) is 0 Å². The zero-order chi connectivity index (χ0) is 19.4. The summed E-state index contributed by atoms with van der Waals surface area (Å²) in [7, 11) is 0. The first-order valence-corrected chi connectivity index (χ1v) is 10.3. The van der Waals surface area contributed by atoms with Crippen LogP contribution >= 0.6 is 23.1 Å². The van der Waals surface area contributed by atoms with Crippen molar-refractivity contribution in [2.75, 3.05) is 10.6 Å². The summed E-state index contributed by atoms with van der Waals surface area (Å²) in [5, 5.41) is 19.1. The van der Waals surface area contributed by atoms with E-state index < -0.39 is 0 Å². The standard InChI is InChI=1S/C18H22N6OS2/c1-11(2)24-15(8-9-19-24)21-16(25)13(4)26-18-23-22-17(27-18)20-14-7-5-6-12(3)10-14/h5-11,13H,1-4H3,(H,20,22)(H,21,25). The van der Waals surface area contributed by atoms with Gasteiger partial charge < -0.3 is 10.6 Å². The Morgan fingerprint density at radius 3 is 2.78 bits per heavy atom. The van der Waals surface area contributed by atoms with E-state index in [2.05, 4.69) is 25.9 Å². The zero-order valence-corrected chi connectivity index (χ0v) is 17.3. The molecule has 0 bridgehead atoms. The molecule has 27 heavy (non-hydrogen) atoms. The van der Waals surface area contributed by atoms with Crippen LogP contribution in [0.3, 0.4) is 0 Å². The van der Waals surface area contributed by atoms with E-state index in [1.165, 1.54) is 28.7 Å². The first-order chi connectivity index (χ1) is 12.9. The molecule has 0 saturated carbocycles.